The highest BCUT2D eigenvalue weighted by Crippen LogP contribution is 2.50. The zero-order valence-corrected chi connectivity index (χ0v) is 41.2. The molecule has 4 bridgehead atoms. The van der Waals surface area contributed by atoms with Crippen LogP contribution in [-0.2, 0) is 42.7 Å². The quantitative estimate of drug-likeness (QED) is 0.103. The Morgan fingerprint density at radius 3 is 1.29 bits per heavy atom. The molecule has 0 aromatic heterocycles. The number of carbonyl (C=O) groups excluding carboxylic acids is 4. The summed E-state index contributed by atoms with van der Waals surface area (Å²) >= 11 is 0. The Morgan fingerprint density at radius 2 is 0.924 bits per heavy atom. The van der Waals surface area contributed by atoms with Gasteiger partial charge in [0.2, 0.25) is 0 Å². The van der Waals surface area contributed by atoms with Gasteiger partial charge >= 0.3 is 24.1 Å². The minimum absolute atomic E-state index is 0.0773. The molecule has 12 heteroatoms. The van der Waals surface area contributed by atoms with E-state index in [-0.39, 0.29) is 71.8 Å². The molecule has 66 heavy (non-hydrogen) atoms. The Balaban J connectivity index is 0.914. The normalized spacial score (nSPS) is 25.1. The molecule has 2 aromatic rings. The van der Waals surface area contributed by atoms with Crippen molar-refractivity contribution in [1.29, 1.82) is 0 Å². The van der Waals surface area contributed by atoms with Crippen molar-refractivity contribution in [2.75, 3.05) is 0 Å². The Bertz CT molecular complexity index is 1900. The van der Waals surface area contributed by atoms with Crippen molar-refractivity contribution in [3.05, 3.63) is 58.2 Å². The topological polar surface area (TPSA) is 129 Å². The average molecular weight is 921 g/mol. The van der Waals surface area contributed by atoms with E-state index in [4.69, 9.17) is 18.9 Å². The summed E-state index contributed by atoms with van der Waals surface area (Å²) in [5.74, 6) is -0.936. The highest BCUT2D eigenvalue weighted by molar-refractivity contribution is 5.73. The first kappa shape index (κ1) is 51.2. The number of nitrogens with one attached hydrogen (secondary N) is 2. The molecular formula is C54H78F2N2O8. The number of ether oxygens (including phenoxy) is 4. The van der Waals surface area contributed by atoms with Crippen LogP contribution in [0.4, 0.5) is 18.4 Å². The molecule has 366 valence electrons. The van der Waals surface area contributed by atoms with Gasteiger partial charge in [0.25, 0.3) is 0 Å². The van der Waals surface area contributed by atoms with Crippen molar-refractivity contribution < 1.29 is 46.9 Å². The zero-order valence-electron chi connectivity index (χ0n) is 41.2. The van der Waals surface area contributed by atoms with E-state index in [2.05, 4.69) is 24.5 Å². The summed E-state index contributed by atoms with van der Waals surface area (Å²) < 4.78 is 54.3. The molecule has 0 aliphatic heterocycles. The maximum absolute atomic E-state index is 15.8. The predicted molar refractivity (Wildman–Crippen MR) is 252 cm³/mol. The molecule has 6 atom stereocenters. The smallest absolute Gasteiger partial charge is 0.407 e. The standard InChI is InChI=1S/C54H78F2N2O8/c1-51(2,3)65-49(61)57-47-35-23-17-15-21-27-53(47,7)41-31-37(33-43(55)39(41)29-35)63-45(59)25-19-13-11-9-10-12-14-20-26-46(60)64-38-32-42-40(44(56)34-38)30-36-24-18-16-22-28-54(42,8)48(36)58-50(62)66-52(4,5)6/h31-36,47-48H,9-30H2,1-8H3,(H,57,61)(H,58,62)/t35-,36-,47-,48-,53+,54+/m0/s1. The number of alkyl carbamates (subject to hydrolysis) is 2. The van der Waals surface area contributed by atoms with Gasteiger partial charge in [-0.05, 0) is 139 Å². The SMILES string of the molecule is CC(C)(C)OC(=O)N[C@H]1[C@H]2CCCCC[C@]1(C)c1cc(OC(=O)CCCCCCCCCCC(=O)Oc3cc(F)c4c(c3)[C@@]3(C)CCCCC[C@@H](C4)[C@@H]3NC(=O)OC(C)(C)C)cc(F)c1C2. The summed E-state index contributed by atoms with van der Waals surface area (Å²) in [6.07, 6.45) is 17.0. The zero-order chi connectivity index (χ0) is 47.9. The molecule has 4 aliphatic rings. The number of hydrogen-bond donors (Lipinski definition) is 2. The van der Waals surface area contributed by atoms with Crippen molar-refractivity contribution in [1.82, 2.24) is 10.6 Å². The highest BCUT2D eigenvalue weighted by Gasteiger charge is 2.49. The molecule has 2 fully saturated rings. The molecule has 2 N–H and O–H groups in total. The first-order valence-electron chi connectivity index (χ1n) is 25.2. The van der Waals surface area contributed by atoms with Gasteiger partial charge in [0, 0.05) is 47.9 Å². The molecule has 0 spiro atoms. The molecule has 0 saturated heterocycles. The van der Waals surface area contributed by atoms with Crippen LogP contribution >= 0.6 is 0 Å². The van der Waals surface area contributed by atoms with Crippen LogP contribution in [0.25, 0.3) is 0 Å². The van der Waals surface area contributed by atoms with Crippen molar-refractivity contribution in [3.8, 4) is 11.5 Å². The molecule has 2 saturated carbocycles. The Morgan fingerprint density at radius 1 is 0.561 bits per heavy atom. The third kappa shape index (κ3) is 13.3. The van der Waals surface area contributed by atoms with Gasteiger partial charge in [0.1, 0.15) is 34.3 Å². The molecule has 0 radical (unpaired) electrons. The largest absolute Gasteiger partial charge is 0.444 e. The lowest BCUT2D eigenvalue weighted by atomic mass is 9.59. The Hall–Kier alpha value is -4.22. The van der Waals surface area contributed by atoms with E-state index in [1.54, 1.807) is 0 Å². The van der Waals surface area contributed by atoms with Crippen LogP contribution in [0.1, 0.15) is 206 Å². The summed E-state index contributed by atoms with van der Waals surface area (Å²) in [5, 5.41) is 6.34. The third-order valence-electron chi connectivity index (χ3n) is 14.7. The second-order valence-corrected chi connectivity index (χ2v) is 22.3. The molecule has 0 unspecified atom stereocenters. The lowest BCUT2D eigenvalue weighted by Gasteiger charge is -2.49. The van der Waals surface area contributed by atoms with Crippen LogP contribution in [-0.4, -0.2) is 47.4 Å². The maximum atomic E-state index is 15.8. The lowest BCUT2D eigenvalue weighted by Crippen LogP contribution is -2.57. The van der Waals surface area contributed by atoms with Gasteiger partial charge in [-0.1, -0.05) is 90.9 Å². The van der Waals surface area contributed by atoms with E-state index in [0.29, 0.717) is 36.8 Å². The number of carbonyl (C=O) groups is 4. The molecule has 2 amide bonds. The number of amides is 2. The third-order valence-corrected chi connectivity index (χ3v) is 14.7. The van der Waals surface area contributed by atoms with Crippen LogP contribution < -0.4 is 20.1 Å². The van der Waals surface area contributed by atoms with E-state index >= 15 is 8.78 Å². The van der Waals surface area contributed by atoms with E-state index < -0.39 is 34.2 Å². The van der Waals surface area contributed by atoms with Crippen LogP contribution in [0.15, 0.2) is 24.3 Å². The van der Waals surface area contributed by atoms with E-state index in [1.807, 2.05) is 53.7 Å². The molecule has 4 aliphatic carbocycles. The van der Waals surface area contributed by atoms with Gasteiger partial charge in [-0.2, -0.15) is 0 Å². The van der Waals surface area contributed by atoms with E-state index in [1.165, 1.54) is 12.1 Å². The number of halogens is 2. The monoisotopic (exact) mass is 921 g/mol. The fraction of sp³-hybridized carbons (Fsp3) is 0.704. The van der Waals surface area contributed by atoms with Crippen molar-refractivity contribution in [2.24, 2.45) is 11.8 Å². The minimum atomic E-state index is -0.639. The number of hydrogen-bond acceptors (Lipinski definition) is 8. The fourth-order valence-electron chi connectivity index (χ4n) is 11.6. The molecular weight excluding hydrogens is 843 g/mol. The van der Waals surface area contributed by atoms with Crippen molar-refractivity contribution in [3.63, 3.8) is 0 Å². The summed E-state index contributed by atoms with van der Waals surface area (Å²) in [6, 6.07) is 5.86. The second-order valence-electron chi connectivity index (χ2n) is 22.3. The number of benzene rings is 2. The van der Waals surface area contributed by atoms with Gasteiger partial charge in [-0.15, -0.1) is 0 Å². The van der Waals surface area contributed by atoms with Crippen LogP contribution in [0.2, 0.25) is 0 Å². The van der Waals surface area contributed by atoms with Crippen LogP contribution in [0.3, 0.4) is 0 Å². The summed E-state index contributed by atoms with van der Waals surface area (Å²) in [4.78, 5) is 51.9. The summed E-state index contributed by atoms with van der Waals surface area (Å²) in [7, 11) is 0. The molecule has 0 heterocycles. The van der Waals surface area contributed by atoms with Crippen LogP contribution in [0.5, 0.6) is 11.5 Å². The van der Waals surface area contributed by atoms with Crippen molar-refractivity contribution in [2.45, 2.75) is 231 Å². The van der Waals surface area contributed by atoms with Gasteiger partial charge in [0.15, 0.2) is 0 Å². The first-order valence-corrected chi connectivity index (χ1v) is 25.2. The van der Waals surface area contributed by atoms with Gasteiger partial charge in [-0.3, -0.25) is 9.59 Å². The Kier molecular flexibility index (Phi) is 16.9. The van der Waals surface area contributed by atoms with E-state index in [9.17, 15) is 19.2 Å². The summed E-state index contributed by atoms with van der Waals surface area (Å²) in [5.41, 5.74) is 0.551. The second kappa shape index (κ2) is 21.8. The minimum Gasteiger partial charge on any atom is -0.444 e. The number of fused-ring (bicyclic) bond motifs is 8. The van der Waals surface area contributed by atoms with E-state index in [0.717, 1.165) is 114 Å². The molecule has 6 rings (SSSR count). The van der Waals surface area contributed by atoms with Gasteiger partial charge in [0.05, 0.1) is 0 Å². The lowest BCUT2D eigenvalue weighted by molar-refractivity contribution is -0.135. The Labute approximate surface area is 392 Å². The summed E-state index contributed by atoms with van der Waals surface area (Å²) in [6.45, 7) is 15.2. The fourth-order valence-corrected chi connectivity index (χ4v) is 11.6. The predicted octanol–water partition coefficient (Wildman–Crippen LogP) is 13.0. The number of rotatable bonds is 15. The number of esters is 2. The first-order chi connectivity index (χ1) is 31.1. The maximum Gasteiger partial charge on any atom is 0.407 e. The highest BCUT2D eigenvalue weighted by atomic mass is 19.1. The average Bonchev–Trinajstić information content (AvgIpc) is 3.20. The van der Waals surface area contributed by atoms with Crippen LogP contribution in [0, 0.1) is 23.5 Å². The molecule has 2 aromatic carbocycles. The van der Waals surface area contributed by atoms with Gasteiger partial charge < -0.3 is 29.6 Å². The van der Waals surface area contributed by atoms with Gasteiger partial charge in [-0.25, -0.2) is 18.4 Å². The molecule has 10 nitrogen and oxygen atoms in total. The number of unbranched alkanes of at least 4 members (excludes halogenated alkanes) is 7. The van der Waals surface area contributed by atoms with Crippen molar-refractivity contribution >= 4 is 24.1 Å².